The van der Waals surface area contributed by atoms with E-state index in [2.05, 4.69) is 15.9 Å². The number of hydrogen-bond donors (Lipinski definition) is 1. The molecule has 88 valence electrons. The van der Waals surface area contributed by atoms with Gasteiger partial charge in [0.15, 0.2) is 15.1 Å². The average Bonchev–Trinajstić information content (AvgIpc) is 2.20. The van der Waals surface area contributed by atoms with Crippen molar-refractivity contribution < 1.29 is 18.3 Å². The number of halogens is 1. The highest BCUT2D eigenvalue weighted by Gasteiger charge is 2.27. The summed E-state index contributed by atoms with van der Waals surface area (Å²) >= 11 is 3.23. The van der Waals surface area contributed by atoms with Crippen LogP contribution in [0, 0.1) is 0 Å². The van der Waals surface area contributed by atoms with Gasteiger partial charge in [-0.05, 0) is 24.6 Å². The molecule has 0 radical (unpaired) electrons. The smallest absolute Gasteiger partial charge is 0.321 e. The van der Waals surface area contributed by atoms with Crippen molar-refractivity contribution in [3.63, 3.8) is 0 Å². The monoisotopic (exact) mass is 306 g/mol. The van der Waals surface area contributed by atoms with Crippen LogP contribution < -0.4 is 0 Å². The standard InChI is InChI=1S/C10H11BrO4S/c1-7(10(12)13)16(14,15)6-8-2-4-9(11)5-3-8/h2-5,7H,6H2,1H3,(H,12,13)/t7-/m0/s1. The summed E-state index contributed by atoms with van der Waals surface area (Å²) in [5, 5.41) is 7.27. The third-order valence-electron chi connectivity index (χ3n) is 2.17. The predicted molar refractivity (Wildman–Crippen MR) is 63.9 cm³/mol. The molecule has 0 bridgehead atoms. The summed E-state index contributed by atoms with van der Waals surface area (Å²) in [7, 11) is -3.64. The molecule has 0 saturated heterocycles. The first kappa shape index (κ1) is 13.2. The van der Waals surface area contributed by atoms with E-state index in [1.54, 1.807) is 24.3 Å². The number of carbonyl (C=O) groups is 1. The summed E-state index contributed by atoms with van der Waals surface area (Å²) in [4.78, 5) is 10.6. The van der Waals surface area contributed by atoms with Gasteiger partial charge in [-0.25, -0.2) is 8.42 Å². The molecule has 0 aromatic heterocycles. The molecule has 1 aromatic carbocycles. The van der Waals surface area contributed by atoms with Gasteiger partial charge in [-0.3, -0.25) is 4.79 Å². The minimum Gasteiger partial charge on any atom is -0.480 e. The zero-order valence-electron chi connectivity index (χ0n) is 8.55. The Hall–Kier alpha value is -0.880. The van der Waals surface area contributed by atoms with Crippen molar-refractivity contribution >= 4 is 31.7 Å². The molecule has 0 aliphatic rings. The Morgan fingerprint density at radius 1 is 1.38 bits per heavy atom. The maximum atomic E-state index is 11.6. The fourth-order valence-corrected chi connectivity index (χ4v) is 2.57. The summed E-state index contributed by atoms with van der Waals surface area (Å²) < 4.78 is 24.1. The first-order valence-electron chi connectivity index (χ1n) is 4.52. The van der Waals surface area contributed by atoms with Crippen LogP contribution in [-0.4, -0.2) is 24.7 Å². The lowest BCUT2D eigenvalue weighted by Gasteiger charge is -2.08. The number of carboxylic acid groups (broad SMARTS) is 1. The van der Waals surface area contributed by atoms with Gasteiger partial charge in [0.1, 0.15) is 0 Å². The van der Waals surface area contributed by atoms with E-state index < -0.39 is 21.1 Å². The molecule has 6 heteroatoms. The molecule has 0 spiro atoms. The van der Waals surface area contributed by atoms with Crippen LogP contribution >= 0.6 is 15.9 Å². The molecule has 0 unspecified atom stereocenters. The largest absolute Gasteiger partial charge is 0.480 e. The van der Waals surface area contributed by atoms with Crippen molar-refractivity contribution in [3.8, 4) is 0 Å². The number of hydrogen-bond acceptors (Lipinski definition) is 3. The van der Waals surface area contributed by atoms with Crippen LogP contribution in [0.3, 0.4) is 0 Å². The first-order chi connectivity index (χ1) is 7.33. The van der Waals surface area contributed by atoms with Gasteiger partial charge in [-0.1, -0.05) is 28.1 Å². The number of rotatable bonds is 4. The van der Waals surface area contributed by atoms with Crippen LogP contribution in [-0.2, 0) is 20.4 Å². The summed E-state index contributed by atoms with van der Waals surface area (Å²) in [5.74, 6) is -1.58. The van der Waals surface area contributed by atoms with Gasteiger partial charge < -0.3 is 5.11 Å². The van der Waals surface area contributed by atoms with Gasteiger partial charge in [0.05, 0.1) is 5.75 Å². The topological polar surface area (TPSA) is 71.4 Å². The lowest BCUT2D eigenvalue weighted by molar-refractivity contribution is -0.136. The fraction of sp³-hybridized carbons (Fsp3) is 0.300. The minimum absolute atomic E-state index is 0.256. The Morgan fingerprint density at radius 3 is 2.31 bits per heavy atom. The maximum absolute atomic E-state index is 11.6. The third-order valence-corrected chi connectivity index (χ3v) is 4.71. The van der Waals surface area contributed by atoms with E-state index in [0.29, 0.717) is 5.56 Å². The molecule has 0 aliphatic heterocycles. The van der Waals surface area contributed by atoms with Gasteiger partial charge in [-0.15, -0.1) is 0 Å². The maximum Gasteiger partial charge on any atom is 0.321 e. The Kier molecular flexibility index (Phi) is 4.09. The fourth-order valence-electron chi connectivity index (χ4n) is 1.09. The average molecular weight is 307 g/mol. The zero-order chi connectivity index (χ0) is 12.3. The zero-order valence-corrected chi connectivity index (χ0v) is 11.0. The molecule has 1 rings (SSSR count). The van der Waals surface area contributed by atoms with Crippen LogP contribution in [0.5, 0.6) is 0 Å². The van der Waals surface area contributed by atoms with Crippen LogP contribution in [0.25, 0.3) is 0 Å². The molecule has 16 heavy (non-hydrogen) atoms. The van der Waals surface area contributed by atoms with E-state index in [1.165, 1.54) is 6.92 Å². The summed E-state index contributed by atoms with van der Waals surface area (Å²) in [6, 6.07) is 6.74. The van der Waals surface area contributed by atoms with Crippen molar-refractivity contribution in [2.75, 3.05) is 0 Å². The second-order valence-corrected chi connectivity index (χ2v) is 6.65. The van der Waals surface area contributed by atoms with Crippen molar-refractivity contribution in [2.45, 2.75) is 17.9 Å². The number of sulfone groups is 1. The van der Waals surface area contributed by atoms with Gasteiger partial charge in [0, 0.05) is 4.47 Å². The molecule has 0 fully saturated rings. The second kappa shape index (κ2) is 4.97. The SMILES string of the molecule is C[C@@H](C(=O)O)S(=O)(=O)Cc1ccc(Br)cc1. The van der Waals surface area contributed by atoms with Gasteiger partial charge in [-0.2, -0.15) is 0 Å². The Labute approximate surface area is 102 Å². The number of aliphatic carboxylic acids is 1. The molecular formula is C10H11BrO4S. The van der Waals surface area contributed by atoms with E-state index in [1.807, 2.05) is 0 Å². The van der Waals surface area contributed by atoms with E-state index in [4.69, 9.17) is 5.11 Å². The highest BCUT2D eigenvalue weighted by molar-refractivity contribution is 9.10. The molecule has 4 nitrogen and oxygen atoms in total. The Morgan fingerprint density at radius 2 is 1.88 bits per heavy atom. The van der Waals surface area contributed by atoms with Crippen molar-refractivity contribution in [1.82, 2.24) is 0 Å². The van der Waals surface area contributed by atoms with Crippen molar-refractivity contribution in [1.29, 1.82) is 0 Å². The molecule has 1 aromatic rings. The normalized spacial score (nSPS) is 13.4. The second-order valence-electron chi connectivity index (χ2n) is 3.41. The van der Waals surface area contributed by atoms with Gasteiger partial charge in [0.2, 0.25) is 0 Å². The molecule has 0 aliphatic carbocycles. The number of benzene rings is 1. The first-order valence-corrected chi connectivity index (χ1v) is 7.02. The van der Waals surface area contributed by atoms with E-state index in [9.17, 15) is 13.2 Å². The van der Waals surface area contributed by atoms with Crippen molar-refractivity contribution in [3.05, 3.63) is 34.3 Å². The quantitative estimate of drug-likeness (QED) is 0.921. The predicted octanol–water partition coefficient (Wildman–Crippen LogP) is 1.84. The Balaban J connectivity index is 2.89. The minimum atomic E-state index is -3.64. The van der Waals surface area contributed by atoms with Crippen LogP contribution in [0.4, 0.5) is 0 Å². The molecule has 1 N–H and O–H groups in total. The molecule has 0 saturated carbocycles. The van der Waals surface area contributed by atoms with Crippen LogP contribution in [0.2, 0.25) is 0 Å². The van der Waals surface area contributed by atoms with E-state index >= 15 is 0 Å². The lowest BCUT2D eigenvalue weighted by atomic mass is 10.2. The lowest BCUT2D eigenvalue weighted by Crippen LogP contribution is -2.28. The summed E-state index contributed by atoms with van der Waals surface area (Å²) in [6.07, 6.45) is 0. The third kappa shape index (κ3) is 3.31. The van der Waals surface area contributed by atoms with Gasteiger partial charge >= 0.3 is 5.97 Å². The van der Waals surface area contributed by atoms with Crippen LogP contribution in [0.1, 0.15) is 12.5 Å². The van der Waals surface area contributed by atoms with Gasteiger partial charge in [0.25, 0.3) is 0 Å². The number of carboxylic acids is 1. The van der Waals surface area contributed by atoms with Crippen LogP contribution in [0.15, 0.2) is 28.7 Å². The van der Waals surface area contributed by atoms with E-state index in [-0.39, 0.29) is 5.75 Å². The van der Waals surface area contributed by atoms with E-state index in [0.717, 1.165) is 4.47 Å². The molecule has 0 amide bonds. The highest BCUT2D eigenvalue weighted by atomic mass is 79.9. The highest BCUT2D eigenvalue weighted by Crippen LogP contribution is 2.15. The summed E-state index contributed by atoms with van der Waals surface area (Å²) in [5.41, 5.74) is 0.580. The molecule has 1 atom stereocenters. The summed E-state index contributed by atoms with van der Waals surface area (Å²) in [6.45, 7) is 1.18. The molecular weight excluding hydrogens is 296 g/mol. The van der Waals surface area contributed by atoms with Crippen molar-refractivity contribution in [2.24, 2.45) is 0 Å². The molecule has 0 heterocycles. The Bertz CT molecular complexity index is 478.